The maximum Gasteiger partial charge on any atom is 0.264 e. The minimum absolute atomic E-state index is 0.00400. The van der Waals surface area contributed by atoms with Crippen molar-refractivity contribution in [3.05, 3.63) is 338 Å². The maximum atomic E-state index is 11.8. The van der Waals surface area contributed by atoms with Gasteiger partial charge >= 0.3 is 0 Å². The van der Waals surface area contributed by atoms with Gasteiger partial charge in [-0.3, -0.25) is 0 Å². The van der Waals surface area contributed by atoms with Crippen molar-refractivity contribution in [2.24, 2.45) is 0 Å². The molecular formula is C102H80BN3S. The lowest BCUT2D eigenvalue weighted by Gasteiger charge is -2.45. The Morgan fingerprint density at radius 3 is 1.31 bits per heavy atom. The van der Waals surface area contributed by atoms with Crippen LogP contribution in [0.3, 0.4) is 0 Å². The van der Waals surface area contributed by atoms with Gasteiger partial charge in [0.1, 0.15) is 0 Å². The third-order valence-corrected chi connectivity index (χ3v) is 24.1. The highest BCUT2D eigenvalue weighted by molar-refractivity contribution is 7.33. The Kier molecular flexibility index (Phi) is 13.9. The number of fused-ring (bicyclic) bond motifs is 9. The zero-order chi connectivity index (χ0) is 75.0. The van der Waals surface area contributed by atoms with Crippen LogP contribution in [0.25, 0.3) is 137 Å². The highest BCUT2D eigenvalue weighted by Gasteiger charge is 2.48. The van der Waals surface area contributed by atoms with Crippen LogP contribution in [0.5, 0.6) is 0 Å². The van der Waals surface area contributed by atoms with Gasteiger partial charge in [-0.25, -0.2) is 0 Å². The molecule has 18 aromatic rings. The van der Waals surface area contributed by atoms with Crippen LogP contribution in [0.15, 0.2) is 321 Å². The molecule has 3 nitrogen and oxygen atoms in total. The molecule has 20 rings (SSSR count). The summed E-state index contributed by atoms with van der Waals surface area (Å²) in [5.41, 5.74) is 24.5. The van der Waals surface area contributed by atoms with Crippen LogP contribution in [0.1, 0.15) is 83.1 Å². The molecule has 0 bridgehead atoms. The second kappa shape index (κ2) is 24.3. The van der Waals surface area contributed by atoms with Gasteiger partial charge in [0.2, 0.25) is 0 Å². The van der Waals surface area contributed by atoms with Gasteiger partial charge in [0.25, 0.3) is 6.71 Å². The number of thiophene rings is 1. The summed E-state index contributed by atoms with van der Waals surface area (Å²) in [5.74, 6) is 0. The number of hydrogen-bond donors (Lipinski definition) is 0. The lowest BCUT2D eigenvalue weighted by atomic mass is 9.36. The van der Waals surface area contributed by atoms with Crippen molar-refractivity contribution in [2.45, 2.75) is 78.6 Å². The van der Waals surface area contributed by atoms with Crippen LogP contribution in [0.2, 0.25) is 0 Å². The first kappa shape index (κ1) is 61.3. The molecule has 4 heterocycles. The van der Waals surface area contributed by atoms with E-state index in [1.54, 1.807) is 11.3 Å². The first-order valence-corrected chi connectivity index (χ1v) is 38.4. The average molecular weight is 1390 g/mol. The van der Waals surface area contributed by atoms with Gasteiger partial charge in [-0.1, -0.05) is 311 Å². The van der Waals surface area contributed by atoms with Crippen molar-refractivity contribution in [3.8, 4) is 72.4 Å². The van der Waals surface area contributed by atoms with E-state index >= 15 is 0 Å². The van der Waals surface area contributed by atoms with Crippen molar-refractivity contribution >= 4 is 132 Å². The number of para-hydroxylation sites is 2. The molecule has 0 spiro atoms. The summed E-state index contributed by atoms with van der Waals surface area (Å²) in [6, 6.07) is 112. The summed E-state index contributed by atoms with van der Waals surface area (Å²) in [7, 11) is 0. The second-order valence-electron chi connectivity index (χ2n) is 32.5. The highest BCUT2D eigenvalue weighted by atomic mass is 32.1. The quantitative estimate of drug-likeness (QED) is 0.105. The Hall–Kier alpha value is -12.0. The van der Waals surface area contributed by atoms with Crippen LogP contribution in [0.4, 0.5) is 34.1 Å². The van der Waals surface area contributed by atoms with Gasteiger partial charge in [-0.15, -0.1) is 11.3 Å². The summed E-state index contributed by atoms with van der Waals surface area (Å²) in [6.45, 7) is 20.1. The van der Waals surface area contributed by atoms with Crippen LogP contribution < -0.4 is 25.5 Å². The Labute approximate surface area is 635 Å². The van der Waals surface area contributed by atoms with E-state index in [0.717, 1.165) is 143 Å². The van der Waals surface area contributed by atoms with Crippen molar-refractivity contribution in [1.82, 2.24) is 4.57 Å². The van der Waals surface area contributed by atoms with E-state index in [-0.39, 0.29) is 34.4 Å². The third kappa shape index (κ3) is 10.4. The van der Waals surface area contributed by atoms with Crippen molar-refractivity contribution < 1.29 is 4.11 Å². The van der Waals surface area contributed by atoms with Gasteiger partial charge in [-0.05, 0) is 193 Å². The molecule has 0 aliphatic carbocycles. The largest absolute Gasteiger partial charge is 0.310 e. The van der Waals surface area contributed by atoms with Crippen molar-refractivity contribution in [1.29, 1.82) is 0 Å². The maximum absolute atomic E-state index is 11.8. The summed E-state index contributed by atoms with van der Waals surface area (Å²) in [6.07, 6.45) is 0. The molecule has 512 valence electrons. The number of nitrogens with zero attached hydrogens (tertiary/aromatic N) is 3. The van der Waals surface area contributed by atoms with Crippen molar-refractivity contribution in [2.75, 3.05) is 9.80 Å². The number of benzene rings is 16. The zero-order valence-corrected chi connectivity index (χ0v) is 62.5. The molecule has 0 unspecified atom stereocenters. The standard InChI is InChI=1S/C102H80BN3S/c1-100(2,3)73-48-52-81-92(61-73)107-99-98(81)106(97-84(65-32-18-12-19-33-65)59-75(102(7,8)9)60-85(97)66-34-20-13-21-35-66)91-56-72(70-38-27-39-71(54-70)77-50-46-69-45-44-67-36-26-37-68-47-51-80(77)94(69)93(67)68)55-90-95(91)103(99)86-53-49-76(104-87-42-24-22-40-78(87)79-41-23-25-43-88(79)104)62-89(86)105(90)96-82(63-28-14-10-15-29-63)57-74(101(4,5)6)58-83(96)64-30-16-11-17-31-64/h10-62H,1-9H3/i49D,53D,62D. The Morgan fingerprint density at radius 2 is 0.766 bits per heavy atom. The van der Waals surface area contributed by atoms with Gasteiger partial charge in [0, 0.05) is 70.6 Å². The first-order valence-electron chi connectivity index (χ1n) is 39.1. The van der Waals surface area contributed by atoms with E-state index < -0.39 is 6.71 Å². The lowest BCUT2D eigenvalue weighted by molar-refractivity contribution is 0.590. The van der Waals surface area contributed by atoms with E-state index in [1.165, 1.54) is 43.4 Å². The van der Waals surface area contributed by atoms with Gasteiger partial charge < -0.3 is 14.4 Å². The minimum Gasteiger partial charge on any atom is -0.310 e. The number of anilines is 6. The molecule has 16 aromatic carbocycles. The Bertz CT molecular complexity index is 6630. The van der Waals surface area contributed by atoms with Crippen LogP contribution in [0, 0.1) is 0 Å². The molecule has 0 amide bonds. The molecule has 0 radical (unpaired) electrons. The monoisotopic (exact) mass is 1390 g/mol. The molecule has 107 heavy (non-hydrogen) atoms. The number of aromatic nitrogens is 1. The second-order valence-corrected chi connectivity index (χ2v) is 33.6. The van der Waals surface area contributed by atoms with Gasteiger partial charge in [0.15, 0.2) is 0 Å². The first-order chi connectivity index (χ1) is 53.2. The molecular weight excluding hydrogens is 1310 g/mol. The predicted octanol–water partition coefficient (Wildman–Crippen LogP) is 26.9. The fraction of sp³-hybridized carbons (Fsp3) is 0.118. The van der Waals surface area contributed by atoms with E-state index in [4.69, 9.17) is 0 Å². The predicted molar refractivity (Wildman–Crippen MR) is 463 cm³/mol. The van der Waals surface area contributed by atoms with Crippen LogP contribution in [-0.2, 0) is 16.2 Å². The molecule has 0 saturated carbocycles. The third-order valence-electron chi connectivity index (χ3n) is 22.8. The molecule has 0 fully saturated rings. The number of hydrogen-bond acceptors (Lipinski definition) is 3. The van der Waals surface area contributed by atoms with Crippen molar-refractivity contribution in [3.63, 3.8) is 0 Å². The molecule has 0 atom stereocenters. The van der Waals surface area contributed by atoms with E-state index in [9.17, 15) is 4.11 Å². The molecule has 2 aliphatic rings. The smallest absolute Gasteiger partial charge is 0.264 e. The molecule has 0 N–H and O–H groups in total. The molecule has 2 aromatic heterocycles. The van der Waals surface area contributed by atoms with E-state index in [0.29, 0.717) is 16.8 Å². The fourth-order valence-electron chi connectivity index (χ4n) is 17.4. The number of rotatable bonds is 9. The van der Waals surface area contributed by atoms with Gasteiger partial charge in [0.05, 0.1) is 32.2 Å². The minimum atomic E-state index is -0.665. The summed E-state index contributed by atoms with van der Waals surface area (Å²) < 4.78 is 38.6. The normalized spacial score (nSPS) is 13.4. The topological polar surface area (TPSA) is 11.4 Å². The molecule has 5 heteroatoms. The van der Waals surface area contributed by atoms with E-state index in [2.05, 4.69) is 380 Å². The van der Waals surface area contributed by atoms with Crippen LogP contribution >= 0.6 is 11.3 Å². The fourth-order valence-corrected chi connectivity index (χ4v) is 18.8. The van der Waals surface area contributed by atoms with Gasteiger partial charge in [-0.2, -0.15) is 0 Å². The molecule has 0 saturated heterocycles. The SMILES string of the molecule is [2H]c1c([2H])c(-n2c3ccccc3c3ccccc32)c([2H])c2c1B1c3sc4cc(C(C)(C)C)ccc4c3N(c3c(-c4ccccc4)cc(C(C)(C)C)cc3-c3ccccc3)c3cc(-c4cccc(-c5ccc6ccc7cccc8ccc5c6c78)c4)cc(c31)N2c1c(-c2ccccc2)cc(C(C)(C)C)cc1-c1ccccc1. The lowest BCUT2D eigenvalue weighted by Crippen LogP contribution is -2.60. The highest BCUT2D eigenvalue weighted by Crippen LogP contribution is 2.57. The summed E-state index contributed by atoms with van der Waals surface area (Å²) in [5, 5.41) is 10.5. The van der Waals surface area contributed by atoms with Crippen LogP contribution in [-0.4, -0.2) is 11.3 Å². The summed E-state index contributed by atoms with van der Waals surface area (Å²) in [4.78, 5) is 5.08. The Balaban J connectivity index is 1.00. The van der Waals surface area contributed by atoms with E-state index in [1.807, 2.05) is 0 Å². The Morgan fingerprint density at radius 1 is 0.318 bits per heavy atom. The zero-order valence-electron chi connectivity index (χ0n) is 64.7. The average Bonchev–Trinajstić information content (AvgIpc) is 1.23. The summed E-state index contributed by atoms with van der Waals surface area (Å²) >= 11 is 1.80. The molecule has 2 aliphatic heterocycles.